The third kappa shape index (κ3) is 4.79. The minimum absolute atomic E-state index is 0.0406. The lowest BCUT2D eigenvalue weighted by molar-refractivity contribution is 0.0780. The predicted octanol–water partition coefficient (Wildman–Crippen LogP) is 4.36. The van der Waals surface area contributed by atoms with Crippen molar-refractivity contribution in [3.8, 4) is 11.3 Å². The molecule has 0 atom stereocenters. The molecule has 178 valence electrons. The minimum Gasteiger partial charge on any atom is -0.381 e. The number of hydrogen-bond acceptors (Lipinski definition) is 6. The summed E-state index contributed by atoms with van der Waals surface area (Å²) in [6, 6.07) is 6.50. The van der Waals surface area contributed by atoms with Gasteiger partial charge in [-0.1, -0.05) is 23.7 Å². The van der Waals surface area contributed by atoms with Crippen LogP contribution in [0.25, 0.3) is 11.3 Å². The van der Waals surface area contributed by atoms with Crippen LogP contribution in [0.5, 0.6) is 0 Å². The lowest BCUT2D eigenvalue weighted by atomic mass is 10.0. The van der Waals surface area contributed by atoms with Gasteiger partial charge >= 0.3 is 0 Å². The van der Waals surface area contributed by atoms with Crippen molar-refractivity contribution >= 4 is 23.5 Å². The Balaban J connectivity index is 1.30. The summed E-state index contributed by atoms with van der Waals surface area (Å²) in [4.78, 5) is 24.1. The Labute approximate surface area is 204 Å². The molecule has 2 aliphatic heterocycles. The number of rotatable bonds is 7. The van der Waals surface area contributed by atoms with Crippen molar-refractivity contribution in [3.63, 3.8) is 0 Å². The third-order valence-electron chi connectivity index (χ3n) is 6.42. The van der Waals surface area contributed by atoms with E-state index in [0.717, 1.165) is 49.2 Å². The number of fused-ring (bicyclic) bond motifs is 1. The van der Waals surface area contributed by atoms with E-state index in [0.29, 0.717) is 41.4 Å². The van der Waals surface area contributed by atoms with Crippen molar-refractivity contribution in [1.29, 1.82) is 0 Å². The van der Waals surface area contributed by atoms with Gasteiger partial charge in [-0.3, -0.25) is 9.48 Å². The van der Waals surface area contributed by atoms with Gasteiger partial charge in [-0.15, -0.1) is 0 Å². The Bertz CT molecular complexity index is 1190. The van der Waals surface area contributed by atoms with Gasteiger partial charge in [0.05, 0.1) is 23.1 Å². The van der Waals surface area contributed by atoms with E-state index >= 15 is 0 Å². The number of nitrogens with zero attached hydrogens (tertiary/aromatic N) is 5. The van der Waals surface area contributed by atoms with E-state index in [1.165, 1.54) is 0 Å². The van der Waals surface area contributed by atoms with E-state index in [9.17, 15) is 4.79 Å². The molecule has 8 nitrogen and oxygen atoms in total. The van der Waals surface area contributed by atoms with Crippen LogP contribution in [0.4, 0.5) is 5.95 Å². The molecule has 0 saturated carbocycles. The van der Waals surface area contributed by atoms with Gasteiger partial charge in [0.25, 0.3) is 5.91 Å². The maximum absolute atomic E-state index is 13.1. The first-order chi connectivity index (χ1) is 16.5. The van der Waals surface area contributed by atoms with Gasteiger partial charge in [0, 0.05) is 55.7 Å². The Kier molecular flexibility index (Phi) is 6.52. The molecular formula is C25H29ClN6O2. The van der Waals surface area contributed by atoms with Crippen LogP contribution in [0.3, 0.4) is 0 Å². The Morgan fingerprint density at radius 3 is 2.82 bits per heavy atom. The van der Waals surface area contributed by atoms with Crippen LogP contribution >= 0.6 is 11.6 Å². The predicted molar refractivity (Wildman–Crippen MR) is 131 cm³/mol. The molecule has 1 saturated heterocycles. The average Bonchev–Trinajstić information content (AvgIpc) is 3.44. The Morgan fingerprint density at radius 1 is 1.24 bits per heavy atom. The molecule has 9 heteroatoms. The summed E-state index contributed by atoms with van der Waals surface area (Å²) in [6.45, 7) is 6.94. The van der Waals surface area contributed by atoms with Crippen LogP contribution in [-0.4, -0.2) is 56.4 Å². The maximum Gasteiger partial charge on any atom is 0.254 e. The molecule has 1 fully saturated rings. The van der Waals surface area contributed by atoms with Gasteiger partial charge in [0.2, 0.25) is 5.95 Å². The molecule has 4 heterocycles. The van der Waals surface area contributed by atoms with Crippen molar-refractivity contribution in [2.75, 3.05) is 25.1 Å². The first-order valence-electron chi connectivity index (χ1n) is 11.8. The normalized spacial score (nSPS) is 16.4. The molecule has 0 bridgehead atoms. The number of benzene rings is 1. The summed E-state index contributed by atoms with van der Waals surface area (Å²) >= 11 is 6.46. The highest BCUT2D eigenvalue weighted by Crippen LogP contribution is 2.31. The molecule has 1 N–H and O–H groups in total. The minimum atomic E-state index is 0.0406. The zero-order valence-corrected chi connectivity index (χ0v) is 20.3. The summed E-state index contributed by atoms with van der Waals surface area (Å²) in [5, 5.41) is 8.24. The van der Waals surface area contributed by atoms with E-state index in [1.54, 1.807) is 6.20 Å². The highest BCUT2D eigenvalue weighted by Gasteiger charge is 2.28. The maximum atomic E-state index is 13.1. The van der Waals surface area contributed by atoms with E-state index in [-0.39, 0.29) is 11.9 Å². The first-order valence-corrected chi connectivity index (χ1v) is 12.2. The smallest absolute Gasteiger partial charge is 0.254 e. The van der Waals surface area contributed by atoms with Crippen molar-refractivity contribution in [2.45, 2.75) is 51.7 Å². The lowest BCUT2D eigenvalue weighted by Crippen LogP contribution is -2.28. The van der Waals surface area contributed by atoms with Gasteiger partial charge in [-0.2, -0.15) is 5.10 Å². The highest BCUT2D eigenvalue weighted by molar-refractivity contribution is 6.33. The number of amides is 1. The molecule has 5 rings (SSSR count). The van der Waals surface area contributed by atoms with E-state index < -0.39 is 0 Å². The number of ether oxygens (including phenoxy) is 1. The monoisotopic (exact) mass is 480 g/mol. The fourth-order valence-electron chi connectivity index (χ4n) is 4.41. The third-order valence-corrected chi connectivity index (χ3v) is 6.69. The molecule has 2 aromatic heterocycles. The molecule has 0 aliphatic carbocycles. The zero-order chi connectivity index (χ0) is 23.7. The van der Waals surface area contributed by atoms with Gasteiger partial charge in [-0.25, -0.2) is 9.97 Å². The van der Waals surface area contributed by atoms with Crippen LogP contribution < -0.4 is 5.32 Å². The first kappa shape index (κ1) is 22.8. The molecule has 0 unspecified atom stereocenters. The second-order valence-corrected chi connectivity index (χ2v) is 9.60. The number of carbonyl (C=O) groups is 1. The number of anilines is 1. The van der Waals surface area contributed by atoms with Gasteiger partial charge < -0.3 is 15.0 Å². The number of hydrogen-bond donors (Lipinski definition) is 1. The number of halogens is 1. The summed E-state index contributed by atoms with van der Waals surface area (Å²) in [5.74, 6) is 0.584. The molecule has 2 aliphatic rings. The fraction of sp³-hybridized carbons (Fsp3) is 0.440. The van der Waals surface area contributed by atoms with Crippen LogP contribution in [-0.2, 0) is 17.7 Å². The fourth-order valence-corrected chi connectivity index (χ4v) is 4.61. The average molecular weight is 481 g/mol. The number of nitrogens with one attached hydrogen (secondary N) is 1. The second-order valence-electron chi connectivity index (χ2n) is 9.19. The molecule has 0 spiro atoms. The zero-order valence-electron chi connectivity index (χ0n) is 19.5. The van der Waals surface area contributed by atoms with E-state index in [4.69, 9.17) is 16.3 Å². The second kappa shape index (κ2) is 9.72. The van der Waals surface area contributed by atoms with E-state index in [2.05, 4.69) is 40.4 Å². The largest absolute Gasteiger partial charge is 0.381 e. The quantitative estimate of drug-likeness (QED) is 0.540. The lowest BCUT2D eigenvalue weighted by Gasteiger charge is -2.23. The molecular weight excluding hydrogens is 452 g/mol. The van der Waals surface area contributed by atoms with Crippen LogP contribution in [0, 0.1) is 0 Å². The van der Waals surface area contributed by atoms with Crippen molar-refractivity contribution in [2.24, 2.45) is 0 Å². The molecule has 1 amide bonds. The highest BCUT2D eigenvalue weighted by atomic mass is 35.5. The summed E-state index contributed by atoms with van der Waals surface area (Å²) in [7, 11) is 0. The van der Waals surface area contributed by atoms with Crippen molar-refractivity contribution < 1.29 is 9.53 Å². The Morgan fingerprint density at radius 2 is 2.06 bits per heavy atom. The van der Waals surface area contributed by atoms with Crippen LogP contribution in [0.1, 0.15) is 54.2 Å². The Hall–Kier alpha value is -2.97. The summed E-state index contributed by atoms with van der Waals surface area (Å²) < 4.78 is 7.36. The summed E-state index contributed by atoms with van der Waals surface area (Å²) in [5.41, 5.74) is 4.31. The topological polar surface area (TPSA) is 85.2 Å². The number of carbonyl (C=O) groups excluding carboxylic acids is 1. The SMILES string of the molecule is CC(C)n1cc(CCN2Cc3ccc(-c4nc(NC5CCOCC5)ncc4Cl)cc3C2=O)cn1. The standard InChI is InChI=1S/C25H29ClN6O2/c1-16(2)32-14-17(12-28-32)5-8-31-15-19-4-3-18(11-21(19)24(31)33)23-22(26)13-27-25(30-23)29-20-6-9-34-10-7-20/h3-4,11-14,16,20H,5-10,15H2,1-2H3,(H,27,29,30). The van der Waals surface area contributed by atoms with Crippen LogP contribution in [0.15, 0.2) is 36.8 Å². The van der Waals surface area contributed by atoms with Gasteiger partial charge in [0.15, 0.2) is 0 Å². The van der Waals surface area contributed by atoms with E-state index in [1.807, 2.05) is 34.0 Å². The van der Waals surface area contributed by atoms with Crippen molar-refractivity contribution in [3.05, 3.63) is 58.5 Å². The van der Waals surface area contributed by atoms with Crippen molar-refractivity contribution in [1.82, 2.24) is 24.6 Å². The van der Waals surface area contributed by atoms with Crippen LogP contribution in [0.2, 0.25) is 5.02 Å². The molecule has 1 aromatic carbocycles. The van der Waals surface area contributed by atoms with Gasteiger partial charge in [-0.05, 0) is 50.3 Å². The molecule has 0 radical (unpaired) electrons. The van der Waals surface area contributed by atoms with Gasteiger partial charge in [0.1, 0.15) is 0 Å². The molecule has 34 heavy (non-hydrogen) atoms. The summed E-state index contributed by atoms with van der Waals surface area (Å²) in [6.07, 6.45) is 8.17. The number of aromatic nitrogens is 4. The molecule has 3 aromatic rings.